The third-order valence-corrected chi connectivity index (χ3v) is 4.81. The second-order valence-corrected chi connectivity index (χ2v) is 6.92. The number of hydrogen-bond donors (Lipinski definition) is 1. The van der Waals surface area contributed by atoms with Crippen LogP contribution in [0.2, 0.25) is 0 Å². The highest BCUT2D eigenvalue weighted by Crippen LogP contribution is 2.30. The summed E-state index contributed by atoms with van der Waals surface area (Å²) in [5.41, 5.74) is 2.95. The van der Waals surface area contributed by atoms with E-state index in [2.05, 4.69) is 48.4 Å². The van der Waals surface area contributed by atoms with Crippen LogP contribution in [0.5, 0.6) is 0 Å². The maximum Gasteiger partial charge on any atom is 0.258 e. The molecule has 0 aliphatic carbocycles. The molecule has 0 bridgehead atoms. The topological polar surface area (TPSA) is 67.1 Å². The van der Waals surface area contributed by atoms with Crippen molar-refractivity contribution in [3.63, 3.8) is 0 Å². The van der Waals surface area contributed by atoms with E-state index in [1.54, 1.807) is 0 Å². The molecule has 138 valence electrons. The molecule has 0 saturated carbocycles. The first-order valence-electron chi connectivity index (χ1n) is 8.78. The summed E-state index contributed by atoms with van der Waals surface area (Å²) in [5, 5.41) is 8.69. The van der Waals surface area contributed by atoms with Crippen LogP contribution in [0.25, 0.3) is 22.4 Å². The number of fused-ring (bicyclic) bond motifs is 1. The van der Waals surface area contributed by atoms with Crippen molar-refractivity contribution < 1.29 is 4.52 Å². The number of nitrogens with one attached hydrogen (secondary N) is 1. The van der Waals surface area contributed by atoms with Crippen molar-refractivity contribution in [2.45, 2.75) is 25.8 Å². The van der Waals surface area contributed by atoms with Gasteiger partial charge < -0.3 is 9.84 Å². The molecule has 1 unspecified atom stereocenters. The summed E-state index contributed by atoms with van der Waals surface area (Å²) in [4.78, 5) is 11.7. The number of pyridine rings is 1. The van der Waals surface area contributed by atoms with Crippen molar-refractivity contribution in [3.05, 3.63) is 41.9 Å². The fourth-order valence-corrected chi connectivity index (χ4v) is 3.24. The molecule has 1 atom stereocenters. The lowest BCUT2D eigenvalue weighted by atomic mass is 10.0. The summed E-state index contributed by atoms with van der Waals surface area (Å²) < 4.78 is 5.65. The van der Waals surface area contributed by atoms with Crippen molar-refractivity contribution in [1.82, 2.24) is 25.3 Å². The van der Waals surface area contributed by atoms with Gasteiger partial charge in [0.05, 0.1) is 17.1 Å². The second-order valence-electron chi connectivity index (χ2n) is 6.92. The summed E-state index contributed by atoms with van der Waals surface area (Å²) in [6.07, 6.45) is 0. The first-order chi connectivity index (χ1) is 12.1. The van der Waals surface area contributed by atoms with E-state index in [4.69, 9.17) is 14.5 Å². The molecule has 1 aliphatic heterocycles. The predicted octanol–water partition coefficient (Wildman–Crippen LogP) is 3.41. The molecule has 6 nitrogen and oxygen atoms in total. The van der Waals surface area contributed by atoms with Crippen LogP contribution >= 0.6 is 12.4 Å². The van der Waals surface area contributed by atoms with Gasteiger partial charge in [0, 0.05) is 30.7 Å². The van der Waals surface area contributed by atoms with Gasteiger partial charge in [-0.25, -0.2) is 0 Å². The van der Waals surface area contributed by atoms with Gasteiger partial charge in [-0.3, -0.25) is 9.88 Å². The minimum Gasteiger partial charge on any atom is -0.334 e. The van der Waals surface area contributed by atoms with Crippen LogP contribution in [0, 0.1) is 0 Å². The highest BCUT2D eigenvalue weighted by Gasteiger charge is 2.26. The number of nitrogens with zero attached hydrogens (tertiary/aromatic N) is 4. The number of hydrogen-bond acceptors (Lipinski definition) is 6. The molecule has 3 aromatic rings. The zero-order chi connectivity index (χ0) is 17.4. The van der Waals surface area contributed by atoms with Gasteiger partial charge in [-0.05, 0) is 25.1 Å². The Hall–Kier alpha value is -2.02. The largest absolute Gasteiger partial charge is 0.334 e. The van der Waals surface area contributed by atoms with Crippen LogP contribution in [0.3, 0.4) is 0 Å². The Bertz CT molecular complexity index is 895. The first kappa shape index (κ1) is 18.8. The molecule has 2 aromatic heterocycles. The van der Waals surface area contributed by atoms with Crippen LogP contribution in [-0.2, 0) is 0 Å². The van der Waals surface area contributed by atoms with Crippen LogP contribution in [0.1, 0.15) is 37.3 Å². The maximum atomic E-state index is 5.65. The number of halogens is 1. The Labute approximate surface area is 159 Å². The molecular formula is C19H24ClN5O. The Balaban J connectivity index is 0.00000196. The number of aromatic nitrogens is 3. The molecule has 1 aliphatic rings. The van der Waals surface area contributed by atoms with Gasteiger partial charge in [0.15, 0.2) is 5.82 Å². The molecule has 3 heterocycles. The Morgan fingerprint density at radius 1 is 1.23 bits per heavy atom. The Morgan fingerprint density at radius 2 is 2.04 bits per heavy atom. The summed E-state index contributed by atoms with van der Waals surface area (Å²) >= 11 is 0. The summed E-state index contributed by atoms with van der Waals surface area (Å²) in [6.45, 7) is 7.09. The van der Waals surface area contributed by atoms with Gasteiger partial charge >= 0.3 is 0 Å². The van der Waals surface area contributed by atoms with Crippen molar-refractivity contribution in [2.24, 2.45) is 0 Å². The average molecular weight is 374 g/mol. The van der Waals surface area contributed by atoms with Crippen molar-refractivity contribution in [3.8, 4) is 11.5 Å². The van der Waals surface area contributed by atoms with Crippen LogP contribution < -0.4 is 5.32 Å². The minimum atomic E-state index is 0. The van der Waals surface area contributed by atoms with E-state index in [0.717, 1.165) is 47.6 Å². The lowest BCUT2D eigenvalue weighted by Crippen LogP contribution is -2.44. The van der Waals surface area contributed by atoms with Crippen molar-refractivity contribution in [2.75, 3.05) is 26.7 Å². The SMILES string of the molecule is CC(C)c1cc(-c2nc(C3CNCCN3C)no2)c2ccccc2n1.Cl. The molecule has 26 heavy (non-hydrogen) atoms. The van der Waals surface area contributed by atoms with Gasteiger partial charge in [0.1, 0.15) is 0 Å². The minimum absolute atomic E-state index is 0. The van der Waals surface area contributed by atoms with Crippen molar-refractivity contribution >= 4 is 23.3 Å². The van der Waals surface area contributed by atoms with Crippen LogP contribution in [0.4, 0.5) is 0 Å². The number of piperazine rings is 1. The predicted molar refractivity (Wildman–Crippen MR) is 105 cm³/mol. The molecule has 0 amide bonds. The first-order valence-corrected chi connectivity index (χ1v) is 8.78. The molecule has 4 rings (SSSR count). The molecule has 7 heteroatoms. The molecule has 1 aromatic carbocycles. The number of para-hydroxylation sites is 1. The third kappa shape index (κ3) is 3.45. The molecule has 1 N–H and O–H groups in total. The lowest BCUT2D eigenvalue weighted by Gasteiger charge is -2.30. The van der Waals surface area contributed by atoms with E-state index in [1.807, 2.05) is 18.2 Å². The normalized spacial score (nSPS) is 18.2. The van der Waals surface area contributed by atoms with Crippen LogP contribution in [-0.4, -0.2) is 46.7 Å². The average Bonchev–Trinajstić information content (AvgIpc) is 3.10. The number of likely N-dealkylation sites (N-methyl/N-ethyl adjacent to an activating group) is 1. The smallest absolute Gasteiger partial charge is 0.258 e. The molecule has 1 saturated heterocycles. The van der Waals surface area contributed by atoms with E-state index in [-0.39, 0.29) is 18.4 Å². The van der Waals surface area contributed by atoms with E-state index in [0.29, 0.717) is 11.8 Å². The zero-order valence-electron chi connectivity index (χ0n) is 15.3. The van der Waals surface area contributed by atoms with E-state index >= 15 is 0 Å². The van der Waals surface area contributed by atoms with Crippen molar-refractivity contribution in [1.29, 1.82) is 0 Å². The second kappa shape index (κ2) is 7.70. The van der Waals surface area contributed by atoms with E-state index < -0.39 is 0 Å². The Morgan fingerprint density at radius 3 is 2.81 bits per heavy atom. The highest BCUT2D eigenvalue weighted by atomic mass is 35.5. The fourth-order valence-electron chi connectivity index (χ4n) is 3.24. The third-order valence-electron chi connectivity index (χ3n) is 4.81. The zero-order valence-corrected chi connectivity index (χ0v) is 16.1. The molecule has 1 fully saturated rings. The number of benzene rings is 1. The van der Waals surface area contributed by atoms with E-state index in [1.165, 1.54) is 0 Å². The van der Waals surface area contributed by atoms with Gasteiger partial charge in [0.2, 0.25) is 0 Å². The van der Waals surface area contributed by atoms with Gasteiger partial charge in [-0.2, -0.15) is 4.98 Å². The van der Waals surface area contributed by atoms with Gasteiger partial charge in [0.25, 0.3) is 5.89 Å². The van der Waals surface area contributed by atoms with Crippen LogP contribution in [0.15, 0.2) is 34.9 Å². The standard InChI is InChI=1S/C19H23N5O.ClH/c1-12(2)16-10-14(13-6-4-5-7-15(13)21-16)19-22-18(23-25-19)17-11-20-8-9-24(17)3;/h4-7,10,12,17,20H,8-9,11H2,1-3H3;1H. The van der Waals surface area contributed by atoms with Gasteiger partial charge in [-0.15, -0.1) is 12.4 Å². The molecule has 0 radical (unpaired) electrons. The molecule has 0 spiro atoms. The fraction of sp³-hybridized carbons (Fsp3) is 0.421. The summed E-state index contributed by atoms with van der Waals surface area (Å²) in [7, 11) is 2.10. The monoisotopic (exact) mass is 373 g/mol. The lowest BCUT2D eigenvalue weighted by molar-refractivity contribution is 0.190. The quantitative estimate of drug-likeness (QED) is 0.758. The maximum absolute atomic E-state index is 5.65. The number of rotatable bonds is 3. The van der Waals surface area contributed by atoms with Gasteiger partial charge in [-0.1, -0.05) is 37.2 Å². The molecular weight excluding hydrogens is 350 g/mol. The highest BCUT2D eigenvalue weighted by molar-refractivity contribution is 5.92. The Kier molecular flexibility index (Phi) is 5.55. The summed E-state index contributed by atoms with van der Waals surface area (Å²) in [5.74, 6) is 1.63. The van der Waals surface area contributed by atoms with E-state index in [9.17, 15) is 0 Å². The summed E-state index contributed by atoms with van der Waals surface area (Å²) in [6, 6.07) is 10.3.